The molecule has 9 heteroatoms. The van der Waals surface area contributed by atoms with Crippen LogP contribution in [0.1, 0.15) is 21.5 Å². The lowest BCUT2D eigenvalue weighted by Gasteiger charge is -2.33. The molecule has 3 amide bonds. The number of morpholine rings is 1. The zero-order valence-electron chi connectivity index (χ0n) is 17.3. The number of carbonyl (C=O) groups excluding carboxylic acids is 2. The van der Waals surface area contributed by atoms with Gasteiger partial charge >= 0.3 is 6.03 Å². The van der Waals surface area contributed by atoms with E-state index in [-0.39, 0.29) is 18.0 Å². The number of amides is 3. The third-order valence-electron chi connectivity index (χ3n) is 5.00. The Morgan fingerprint density at radius 1 is 1.06 bits per heavy atom. The number of halogens is 2. The smallest absolute Gasteiger partial charge is 0.315 e. The average Bonchev–Trinajstić information content (AvgIpc) is 2.79. The van der Waals surface area contributed by atoms with Gasteiger partial charge in [0.05, 0.1) is 22.8 Å². The van der Waals surface area contributed by atoms with Crippen LogP contribution in [0.4, 0.5) is 4.79 Å². The molecule has 1 aliphatic heterocycles. The van der Waals surface area contributed by atoms with Crippen molar-refractivity contribution < 1.29 is 14.3 Å². The monoisotopic (exact) mass is 464 g/mol. The molecule has 166 valence electrons. The first-order valence-corrected chi connectivity index (χ1v) is 10.8. The Balaban J connectivity index is 1.40. The van der Waals surface area contributed by atoms with Gasteiger partial charge in [-0.15, -0.1) is 0 Å². The first-order valence-electron chi connectivity index (χ1n) is 10.0. The molecule has 3 rings (SSSR count). The first kappa shape index (κ1) is 23.3. The summed E-state index contributed by atoms with van der Waals surface area (Å²) in [6.07, 6.45) is -0.0888. The first-order chi connectivity index (χ1) is 14.9. The van der Waals surface area contributed by atoms with E-state index in [0.717, 1.165) is 24.2 Å². The molecule has 0 spiro atoms. The Morgan fingerprint density at radius 3 is 2.52 bits per heavy atom. The van der Waals surface area contributed by atoms with Crippen molar-refractivity contribution >= 4 is 35.1 Å². The standard InChI is InChI=1S/C22H26Cl2N4O3/c1-25-21(29)17-5-2-15(3-6-17)11-26-22(30)27-12-18-14-28(8-9-31-18)13-16-4-7-19(23)20(24)10-16/h2-7,10,18H,8-9,11-14H2,1H3,(H,25,29)(H2,26,27,30). The third kappa shape index (κ3) is 7.11. The summed E-state index contributed by atoms with van der Waals surface area (Å²) in [5, 5.41) is 9.34. The van der Waals surface area contributed by atoms with Gasteiger partial charge in [-0.05, 0) is 35.4 Å². The van der Waals surface area contributed by atoms with Crippen molar-refractivity contribution in [1.29, 1.82) is 0 Å². The molecule has 1 fully saturated rings. The summed E-state index contributed by atoms with van der Waals surface area (Å²) in [7, 11) is 1.59. The highest BCUT2D eigenvalue weighted by atomic mass is 35.5. The number of ether oxygens (including phenoxy) is 1. The van der Waals surface area contributed by atoms with Crippen LogP contribution >= 0.6 is 23.2 Å². The van der Waals surface area contributed by atoms with Gasteiger partial charge in [0.25, 0.3) is 5.91 Å². The Labute approximate surface area is 192 Å². The molecule has 1 heterocycles. The number of rotatable bonds is 7. The molecule has 0 bridgehead atoms. The number of hydrogen-bond acceptors (Lipinski definition) is 4. The molecular weight excluding hydrogens is 439 g/mol. The molecule has 7 nitrogen and oxygen atoms in total. The van der Waals surface area contributed by atoms with Crippen LogP contribution in [0.3, 0.4) is 0 Å². The summed E-state index contributed by atoms with van der Waals surface area (Å²) in [5.41, 5.74) is 2.57. The Hall–Kier alpha value is -2.32. The van der Waals surface area contributed by atoms with Crippen molar-refractivity contribution in [3.63, 3.8) is 0 Å². The number of carbonyl (C=O) groups is 2. The van der Waals surface area contributed by atoms with E-state index in [1.54, 1.807) is 25.2 Å². The quantitative estimate of drug-likeness (QED) is 0.587. The SMILES string of the molecule is CNC(=O)c1ccc(CNC(=O)NCC2CN(Cc3ccc(Cl)c(Cl)c3)CCO2)cc1. The maximum Gasteiger partial charge on any atom is 0.315 e. The lowest BCUT2D eigenvalue weighted by Crippen LogP contribution is -2.48. The zero-order valence-corrected chi connectivity index (χ0v) is 18.8. The van der Waals surface area contributed by atoms with Gasteiger partial charge < -0.3 is 20.7 Å². The minimum absolute atomic E-state index is 0.0888. The summed E-state index contributed by atoms with van der Waals surface area (Å²) in [4.78, 5) is 26.0. The minimum atomic E-state index is -0.263. The van der Waals surface area contributed by atoms with Gasteiger partial charge in [0, 0.05) is 45.3 Å². The van der Waals surface area contributed by atoms with Gasteiger partial charge in [0.2, 0.25) is 0 Å². The maximum absolute atomic E-state index is 12.1. The number of benzene rings is 2. The fourth-order valence-electron chi connectivity index (χ4n) is 3.31. The lowest BCUT2D eigenvalue weighted by molar-refractivity contribution is -0.0287. The van der Waals surface area contributed by atoms with Crippen molar-refractivity contribution in [2.45, 2.75) is 19.2 Å². The molecule has 1 aliphatic rings. The molecule has 1 unspecified atom stereocenters. The van der Waals surface area contributed by atoms with Gasteiger partial charge in [-0.1, -0.05) is 41.4 Å². The van der Waals surface area contributed by atoms with Crippen molar-refractivity contribution in [2.24, 2.45) is 0 Å². The normalized spacial score (nSPS) is 16.5. The molecule has 0 aliphatic carbocycles. The highest BCUT2D eigenvalue weighted by molar-refractivity contribution is 6.42. The van der Waals surface area contributed by atoms with E-state index in [2.05, 4.69) is 20.9 Å². The summed E-state index contributed by atoms with van der Waals surface area (Å²) in [6, 6.07) is 12.5. The van der Waals surface area contributed by atoms with E-state index in [0.29, 0.717) is 41.8 Å². The predicted molar refractivity (Wildman–Crippen MR) is 122 cm³/mol. The van der Waals surface area contributed by atoms with Crippen molar-refractivity contribution in [2.75, 3.05) is 33.3 Å². The fourth-order valence-corrected chi connectivity index (χ4v) is 3.63. The van der Waals surface area contributed by atoms with Gasteiger partial charge in [0.15, 0.2) is 0 Å². The second-order valence-electron chi connectivity index (χ2n) is 7.32. The van der Waals surface area contributed by atoms with E-state index in [9.17, 15) is 9.59 Å². The Bertz CT molecular complexity index is 908. The number of hydrogen-bond donors (Lipinski definition) is 3. The number of nitrogens with one attached hydrogen (secondary N) is 3. The zero-order chi connectivity index (χ0) is 22.2. The second-order valence-corrected chi connectivity index (χ2v) is 8.13. The largest absolute Gasteiger partial charge is 0.374 e. The molecule has 0 aromatic heterocycles. The summed E-state index contributed by atoms with van der Waals surface area (Å²) >= 11 is 12.1. The highest BCUT2D eigenvalue weighted by Crippen LogP contribution is 2.23. The van der Waals surface area contributed by atoms with Crippen LogP contribution in [0, 0.1) is 0 Å². The van der Waals surface area contributed by atoms with E-state index >= 15 is 0 Å². The van der Waals surface area contributed by atoms with Crippen molar-refractivity contribution in [3.8, 4) is 0 Å². The summed E-state index contributed by atoms with van der Waals surface area (Å²) in [6.45, 7) is 3.66. The van der Waals surface area contributed by atoms with Crippen LogP contribution in [0.5, 0.6) is 0 Å². The van der Waals surface area contributed by atoms with Crippen molar-refractivity contribution in [3.05, 3.63) is 69.2 Å². The van der Waals surface area contributed by atoms with Crippen molar-refractivity contribution in [1.82, 2.24) is 20.9 Å². The predicted octanol–water partition coefficient (Wildman–Crippen LogP) is 3.05. The lowest BCUT2D eigenvalue weighted by atomic mass is 10.1. The molecule has 1 saturated heterocycles. The Morgan fingerprint density at radius 2 is 1.81 bits per heavy atom. The fraction of sp³-hybridized carbons (Fsp3) is 0.364. The second kappa shape index (κ2) is 11.3. The minimum Gasteiger partial charge on any atom is -0.374 e. The Kier molecular flexibility index (Phi) is 8.54. The van der Waals surface area contributed by atoms with Crippen LogP contribution in [0.15, 0.2) is 42.5 Å². The molecule has 1 atom stereocenters. The molecule has 0 saturated carbocycles. The molecular formula is C22H26Cl2N4O3. The van der Waals surface area contributed by atoms with Crippen LogP contribution in [0.25, 0.3) is 0 Å². The summed E-state index contributed by atoms with van der Waals surface area (Å²) in [5.74, 6) is -0.141. The van der Waals surface area contributed by atoms with Crippen LogP contribution in [-0.2, 0) is 17.8 Å². The molecule has 2 aromatic carbocycles. The van der Waals surface area contributed by atoms with E-state index in [4.69, 9.17) is 27.9 Å². The van der Waals surface area contributed by atoms with Gasteiger partial charge in [0.1, 0.15) is 0 Å². The molecule has 0 radical (unpaired) electrons. The maximum atomic E-state index is 12.1. The molecule has 31 heavy (non-hydrogen) atoms. The number of urea groups is 1. The van der Waals surface area contributed by atoms with Crippen LogP contribution in [0.2, 0.25) is 10.0 Å². The van der Waals surface area contributed by atoms with E-state index in [1.807, 2.05) is 24.3 Å². The van der Waals surface area contributed by atoms with Crippen LogP contribution < -0.4 is 16.0 Å². The van der Waals surface area contributed by atoms with E-state index in [1.165, 1.54) is 0 Å². The average molecular weight is 465 g/mol. The molecule has 2 aromatic rings. The van der Waals surface area contributed by atoms with Gasteiger partial charge in [-0.2, -0.15) is 0 Å². The topological polar surface area (TPSA) is 82.7 Å². The highest BCUT2D eigenvalue weighted by Gasteiger charge is 2.21. The van der Waals surface area contributed by atoms with Gasteiger partial charge in [-0.3, -0.25) is 9.69 Å². The van der Waals surface area contributed by atoms with E-state index < -0.39 is 0 Å². The third-order valence-corrected chi connectivity index (χ3v) is 5.74. The van der Waals surface area contributed by atoms with Gasteiger partial charge in [-0.25, -0.2) is 4.79 Å². The summed E-state index contributed by atoms with van der Waals surface area (Å²) < 4.78 is 5.78. The molecule has 3 N–H and O–H groups in total. The van der Waals surface area contributed by atoms with Crippen LogP contribution in [-0.4, -0.2) is 56.2 Å². The number of nitrogens with zero attached hydrogens (tertiary/aromatic N) is 1.